The highest BCUT2D eigenvalue weighted by Crippen LogP contribution is 2.14. The Labute approximate surface area is 126 Å². The molecule has 4 heteroatoms. The number of aromatic nitrogens is 1. The van der Waals surface area contributed by atoms with E-state index in [2.05, 4.69) is 41.6 Å². The van der Waals surface area contributed by atoms with Crippen molar-refractivity contribution < 1.29 is 4.74 Å². The van der Waals surface area contributed by atoms with E-state index in [1.54, 1.807) is 7.11 Å². The van der Waals surface area contributed by atoms with Crippen molar-refractivity contribution in [1.29, 1.82) is 0 Å². The molecule has 1 aromatic heterocycles. The molecule has 0 fully saturated rings. The summed E-state index contributed by atoms with van der Waals surface area (Å²) in [4.78, 5) is 4.49. The van der Waals surface area contributed by atoms with E-state index in [0.29, 0.717) is 0 Å². The Balaban J connectivity index is 1.98. The zero-order valence-corrected chi connectivity index (χ0v) is 12.7. The normalized spacial score (nSPS) is 12.1. The van der Waals surface area contributed by atoms with Gasteiger partial charge in [-0.3, -0.25) is 16.3 Å². The van der Waals surface area contributed by atoms with Gasteiger partial charge >= 0.3 is 0 Å². The summed E-state index contributed by atoms with van der Waals surface area (Å²) in [5.41, 5.74) is 6.43. The highest BCUT2D eigenvalue weighted by Gasteiger charge is 2.10. The number of methoxy groups -OCH3 is 1. The number of rotatable bonds is 7. The summed E-state index contributed by atoms with van der Waals surface area (Å²) in [6.45, 7) is 2.13. The molecule has 1 unspecified atom stereocenters. The summed E-state index contributed by atoms with van der Waals surface area (Å²) in [6.07, 6.45) is 4.62. The lowest BCUT2D eigenvalue weighted by atomic mass is 10.0. The van der Waals surface area contributed by atoms with Crippen molar-refractivity contribution in [2.24, 2.45) is 5.84 Å². The van der Waals surface area contributed by atoms with E-state index in [1.807, 2.05) is 18.3 Å². The van der Waals surface area contributed by atoms with Gasteiger partial charge in [-0.1, -0.05) is 25.1 Å². The molecule has 0 saturated carbocycles. The molecule has 1 heterocycles. The van der Waals surface area contributed by atoms with Crippen LogP contribution in [0.15, 0.2) is 42.6 Å². The molecule has 0 aliphatic carbocycles. The van der Waals surface area contributed by atoms with Crippen molar-refractivity contribution in [3.8, 4) is 5.75 Å². The van der Waals surface area contributed by atoms with E-state index in [9.17, 15) is 0 Å². The fourth-order valence-corrected chi connectivity index (χ4v) is 2.27. The van der Waals surface area contributed by atoms with Gasteiger partial charge in [-0.2, -0.15) is 0 Å². The zero-order chi connectivity index (χ0) is 15.1. The Morgan fingerprint density at radius 2 is 1.81 bits per heavy atom. The third-order valence-corrected chi connectivity index (χ3v) is 3.63. The molecule has 0 aliphatic heterocycles. The summed E-state index contributed by atoms with van der Waals surface area (Å²) in [5, 5.41) is 0. The summed E-state index contributed by atoms with van der Waals surface area (Å²) < 4.78 is 5.17. The Morgan fingerprint density at radius 3 is 2.33 bits per heavy atom. The van der Waals surface area contributed by atoms with Gasteiger partial charge in [-0.15, -0.1) is 0 Å². The SMILES string of the molecule is CCc1ccc(CC(Cc2ccc(OC)cc2)NN)nc1. The number of hydrogen-bond acceptors (Lipinski definition) is 4. The maximum Gasteiger partial charge on any atom is 0.118 e. The van der Waals surface area contributed by atoms with Crippen LogP contribution in [0.25, 0.3) is 0 Å². The van der Waals surface area contributed by atoms with Gasteiger partial charge in [0, 0.05) is 24.4 Å². The quantitative estimate of drug-likeness (QED) is 0.605. The zero-order valence-electron chi connectivity index (χ0n) is 12.7. The predicted molar refractivity (Wildman–Crippen MR) is 85.1 cm³/mol. The van der Waals surface area contributed by atoms with Gasteiger partial charge in [-0.05, 0) is 42.2 Å². The van der Waals surface area contributed by atoms with Crippen molar-refractivity contribution in [3.63, 3.8) is 0 Å². The van der Waals surface area contributed by atoms with Crippen molar-refractivity contribution in [3.05, 3.63) is 59.4 Å². The highest BCUT2D eigenvalue weighted by molar-refractivity contribution is 5.28. The lowest BCUT2D eigenvalue weighted by Crippen LogP contribution is -2.38. The number of hydrogen-bond donors (Lipinski definition) is 2. The molecule has 0 radical (unpaired) electrons. The van der Waals surface area contributed by atoms with Crippen LogP contribution in [0, 0.1) is 0 Å². The molecule has 1 aromatic carbocycles. The maximum atomic E-state index is 5.68. The second-order valence-electron chi connectivity index (χ2n) is 5.13. The van der Waals surface area contributed by atoms with Gasteiger partial charge in [0.15, 0.2) is 0 Å². The molecular weight excluding hydrogens is 262 g/mol. The van der Waals surface area contributed by atoms with E-state index < -0.39 is 0 Å². The van der Waals surface area contributed by atoms with Gasteiger partial charge in [0.2, 0.25) is 0 Å². The van der Waals surface area contributed by atoms with Crippen LogP contribution in [0.2, 0.25) is 0 Å². The molecule has 4 nitrogen and oxygen atoms in total. The topological polar surface area (TPSA) is 60.2 Å². The van der Waals surface area contributed by atoms with Crippen LogP contribution in [-0.4, -0.2) is 18.1 Å². The molecule has 21 heavy (non-hydrogen) atoms. The number of nitrogens with one attached hydrogen (secondary N) is 1. The first-order chi connectivity index (χ1) is 10.2. The van der Waals surface area contributed by atoms with Crippen LogP contribution in [0.3, 0.4) is 0 Å². The third-order valence-electron chi connectivity index (χ3n) is 3.63. The largest absolute Gasteiger partial charge is 0.497 e. The van der Waals surface area contributed by atoms with Gasteiger partial charge in [0.25, 0.3) is 0 Å². The van der Waals surface area contributed by atoms with Gasteiger partial charge in [0.05, 0.1) is 7.11 Å². The number of nitrogens with two attached hydrogens (primary N) is 1. The van der Waals surface area contributed by atoms with Gasteiger partial charge in [0.1, 0.15) is 5.75 Å². The van der Waals surface area contributed by atoms with E-state index in [4.69, 9.17) is 10.6 Å². The molecule has 0 amide bonds. The Kier molecular flexibility index (Phi) is 5.72. The van der Waals surface area contributed by atoms with Crippen molar-refractivity contribution in [2.75, 3.05) is 7.11 Å². The minimum absolute atomic E-state index is 0.165. The van der Waals surface area contributed by atoms with Crippen molar-refractivity contribution in [2.45, 2.75) is 32.2 Å². The van der Waals surface area contributed by atoms with Crippen LogP contribution in [-0.2, 0) is 19.3 Å². The lowest BCUT2D eigenvalue weighted by molar-refractivity contribution is 0.414. The van der Waals surface area contributed by atoms with Gasteiger partial charge in [-0.25, -0.2) is 0 Å². The Morgan fingerprint density at radius 1 is 1.10 bits per heavy atom. The molecule has 0 saturated heterocycles. The Bertz CT molecular complexity index is 487. The molecule has 2 aromatic rings. The first-order valence-corrected chi connectivity index (χ1v) is 7.28. The number of pyridine rings is 1. The monoisotopic (exact) mass is 285 g/mol. The summed E-state index contributed by atoms with van der Waals surface area (Å²) in [7, 11) is 1.67. The van der Waals surface area contributed by atoms with Crippen molar-refractivity contribution >= 4 is 0 Å². The number of hydrazine groups is 1. The van der Waals surface area contributed by atoms with Gasteiger partial charge < -0.3 is 4.74 Å². The molecular formula is C17H23N3O. The van der Waals surface area contributed by atoms with Crippen LogP contribution in [0.4, 0.5) is 0 Å². The maximum absolute atomic E-state index is 5.68. The first kappa shape index (κ1) is 15.5. The summed E-state index contributed by atoms with van der Waals surface area (Å²) in [6, 6.07) is 12.4. The second-order valence-corrected chi connectivity index (χ2v) is 5.13. The lowest BCUT2D eigenvalue weighted by Gasteiger charge is -2.16. The van der Waals surface area contributed by atoms with E-state index >= 15 is 0 Å². The molecule has 0 aliphatic rings. The van der Waals surface area contributed by atoms with Crippen LogP contribution >= 0.6 is 0 Å². The standard InChI is InChI=1S/C17H23N3O/c1-3-13-4-7-15(19-12-13)11-16(20-18)10-14-5-8-17(21-2)9-6-14/h4-9,12,16,20H,3,10-11,18H2,1-2H3. The highest BCUT2D eigenvalue weighted by atomic mass is 16.5. The minimum atomic E-state index is 0.165. The number of nitrogens with zero attached hydrogens (tertiary/aromatic N) is 1. The minimum Gasteiger partial charge on any atom is -0.497 e. The fourth-order valence-electron chi connectivity index (χ4n) is 2.27. The second kappa shape index (κ2) is 7.76. The van der Waals surface area contributed by atoms with Crippen LogP contribution < -0.4 is 16.0 Å². The molecule has 0 spiro atoms. The Hall–Kier alpha value is -1.91. The molecule has 112 valence electrons. The molecule has 0 bridgehead atoms. The summed E-state index contributed by atoms with van der Waals surface area (Å²) in [5.74, 6) is 6.55. The molecule has 3 N–H and O–H groups in total. The van der Waals surface area contributed by atoms with E-state index in [1.165, 1.54) is 11.1 Å². The van der Waals surface area contributed by atoms with Crippen LogP contribution in [0.1, 0.15) is 23.7 Å². The first-order valence-electron chi connectivity index (χ1n) is 7.28. The molecule has 1 atom stereocenters. The van der Waals surface area contributed by atoms with E-state index in [0.717, 1.165) is 30.7 Å². The number of aryl methyl sites for hydroxylation is 1. The average Bonchev–Trinajstić information content (AvgIpc) is 2.55. The number of benzene rings is 1. The van der Waals surface area contributed by atoms with Crippen molar-refractivity contribution in [1.82, 2.24) is 10.4 Å². The fraction of sp³-hybridized carbons (Fsp3) is 0.353. The predicted octanol–water partition coefficient (Wildman–Crippen LogP) is 2.27. The molecule has 2 rings (SSSR count). The smallest absolute Gasteiger partial charge is 0.118 e. The van der Waals surface area contributed by atoms with E-state index in [-0.39, 0.29) is 6.04 Å². The van der Waals surface area contributed by atoms with Crippen LogP contribution in [0.5, 0.6) is 5.75 Å². The summed E-state index contributed by atoms with van der Waals surface area (Å²) >= 11 is 0. The number of ether oxygens (including phenoxy) is 1. The average molecular weight is 285 g/mol. The third kappa shape index (κ3) is 4.55.